The van der Waals surface area contributed by atoms with E-state index in [0.29, 0.717) is 6.54 Å². The van der Waals surface area contributed by atoms with E-state index in [9.17, 15) is 0 Å². The Bertz CT molecular complexity index is 144. The van der Waals surface area contributed by atoms with Crippen molar-refractivity contribution in [1.82, 2.24) is 0 Å². The van der Waals surface area contributed by atoms with Crippen LogP contribution in [0.3, 0.4) is 0 Å². The SMILES string of the molecule is CC1=NC(C)(CN)CS1. The van der Waals surface area contributed by atoms with Crippen molar-refractivity contribution in [3.63, 3.8) is 0 Å². The summed E-state index contributed by atoms with van der Waals surface area (Å²) in [6.07, 6.45) is 0. The molecule has 2 nitrogen and oxygen atoms in total. The third-order valence-electron chi connectivity index (χ3n) is 1.46. The molecule has 1 unspecified atom stereocenters. The lowest BCUT2D eigenvalue weighted by Crippen LogP contribution is -2.32. The molecule has 0 bridgehead atoms. The fourth-order valence-electron chi connectivity index (χ4n) is 0.809. The second-order valence-corrected chi connectivity index (χ2v) is 3.79. The van der Waals surface area contributed by atoms with Crippen molar-refractivity contribution in [2.45, 2.75) is 19.4 Å². The third-order valence-corrected chi connectivity index (χ3v) is 2.73. The number of nitrogens with zero attached hydrogens (tertiary/aromatic N) is 1. The van der Waals surface area contributed by atoms with E-state index >= 15 is 0 Å². The molecule has 0 aromatic rings. The minimum Gasteiger partial charge on any atom is -0.328 e. The van der Waals surface area contributed by atoms with Gasteiger partial charge in [-0.3, -0.25) is 4.99 Å². The second-order valence-electron chi connectivity index (χ2n) is 2.62. The third kappa shape index (κ3) is 1.46. The minimum absolute atomic E-state index is 0.0365. The summed E-state index contributed by atoms with van der Waals surface area (Å²) in [5.74, 6) is 1.05. The summed E-state index contributed by atoms with van der Waals surface area (Å²) >= 11 is 1.80. The van der Waals surface area contributed by atoms with Gasteiger partial charge in [-0.15, -0.1) is 11.8 Å². The van der Waals surface area contributed by atoms with Crippen molar-refractivity contribution in [2.24, 2.45) is 10.7 Å². The van der Waals surface area contributed by atoms with Gasteiger partial charge in [0.25, 0.3) is 0 Å². The van der Waals surface area contributed by atoms with Crippen molar-refractivity contribution in [1.29, 1.82) is 0 Å². The normalized spacial score (nSPS) is 34.8. The molecule has 0 saturated heterocycles. The Kier molecular flexibility index (Phi) is 1.82. The second kappa shape index (κ2) is 2.31. The quantitative estimate of drug-likeness (QED) is 0.593. The number of hydrogen-bond acceptors (Lipinski definition) is 3. The Balaban J connectivity index is 2.64. The van der Waals surface area contributed by atoms with E-state index in [1.54, 1.807) is 11.8 Å². The molecule has 9 heavy (non-hydrogen) atoms. The molecule has 0 amide bonds. The first kappa shape index (κ1) is 7.09. The molecular formula is C6H12N2S. The predicted octanol–water partition coefficient (Wildman–Crippen LogP) is 0.869. The summed E-state index contributed by atoms with van der Waals surface area (Å²) in [6.45, 7) is 4.79. The van der Waals surface area contributed by atoms with Gasteiger partial charge in [-0.2, -0.15) is 0 Å². The van der Waals surface area contributed by atoms with Gasteiger partial charge in [-0.25, -0.2) is 0 Å². The zero-order valence-corrected chi connectivity index (χ0v) is 6.66. The van der Waals surface area contributed by atoms with Crippen LogP contribution < -0.4 is 5.73 Å². The first-order valence-corrected chi connectivity index (χ1v) is 4.04. The van der Waals surface area contributed by atoms with Gasteiger partial charge in [-0.1, -0.05) is 0 Å². The van der Waals surface area contributed by atoms with Crippen molar-refractivity contribution in [3.8, 4) is 0 Å². The molecule has 0 spiro atoms. The van der Waals surface area contributed by atoms with Crippen LogP contribution in [0.4, 0.5) is 0 Å². The summed E-state index contributed by atoms with van der Waals surface area (Å²) in [6, 6.07) is 0. The molecule has 0 saturated carbocycles. The Labute approximate surface area is 59.9 Å². The van der Waals surface area contributed by atoms with Crippen LogP contribution in [0.15, 0.2) is 4.99 Å². The maximum atomic E-state index is 5.51. The smallest absolute Gasteiger partial charge is 0.0804 e. The van der Waals surface area contributed by atoms with E-state index in [1.807, 2.05) is 6.92 Å². The topological polar surface area (TPSA) is 38.4 Å². The summed E-state index contributed by atoms with van der Waals surface area (Å²) in [7, 11) is 0. The number of thioether (sulfide) groups is 1. The van der Waals surface area contributed by atoms with Crippen LogP contribution in [0.2, 0.25) is 0 Å². The Hall–Kier alpha value is -0.0200. The van der Waals surface area contributed by atoms with Crippen LogP contribution in [0.5, 0.6) is 0 Å². The largest absolute Gasteiger partial charge is 0.328 e. The van der Waals surface area contributed by atoms with Crippen molar-refractivity contribution < 1.29 is 0 Å². The fourth-order valence-corrected chi connectivity index (χ4v) is 1.80. The van der Waals surface area contributed by atoms with Gasteiger partial charge in [0.05, 0.1) is 10.6 Å². The van der Waals surface area contributed by atoms with Crippen LogP contribution in [0.25, 0.3) is 0 Å². The molecule has 1 aliphatic heterocycles. The fraction of sp³-hybridized carbons (Fsp3) is 0.833. The van der Waals surface area contributed by atoms with Gasteiger partial charge in [0.1, 0.15) is 0 Å². The Morgan fingerprint density at radius 2 is 2.56 bits per heavy atom. The summed E-state index contributed by atoms with van der Waals surface area (Å²) in [5, 5.41) is 1.17. The van der Waals surface area contributed by atoms with Crippen molar-refractivity contribution in [3.05, 3.63) is 0 Å². The molecule has 0 fully saturated rings. The highest BCUT2D eigenvalue weighted by Crippen LogP contribution is 2.25. The zero-order valence-electron chi connectivity index (χ0n) is 5.85. The van der Waals surface area contributed by atoms with E-state index < -0.39 is 0 Å². The van der Waals surface area contributed by atoms with E-state index in [1.165, 1.54) is 5.04 Å². The van der Waals surface area contributed by atoms with Gasteiger partial charge in [0.15, 0.2) is 0 Å². The summed E-state index contributed by atoms with van der Waals surface area (Å²) in [5.41, 5.74) is 5.55. The molecule has 0 aromatic heterocycles. The summed E-state index contributed by atoms with van der Waals surface area (Å²) < 4.78 is 0. The van der Waals surface area contributed by atoms with E-state index in [4.69, 9.17) is 5.73 Å². The first-order valence-electron chi connectivity index (χ1n) is 3.06. The highest BCUT2D eigenvalue weighted by Gasteiger charge is 2.26. The molecule has 2 N–H and O–H groups in total. The molecular weight excluding hydrogens is 132 g/mol. The van der Waals surface area contributed by atoms with Crippen LogP contribution in [-0.2, 0) is 0 Å². The number of rotatable bonds is 1. The predicted molar refractivity (Wildman–Crippen MR) is 43.0 cm³/mol. The van der Waals surface area contributed by atoms with Crippen molar-refractivity contribution >= 4 is 16.8 Å². The van der Waals surface area contributed by atoms with Crippen LogP contribution in [-0.4, -0.2) is 22.9 Å². The van der Waals surface area contributed by atoms with Crippen molar-refractivity contribution in [2.75, 3.05) is 12.3 Å². The zero-order chi connectivity index (χ0) is 6.91. The van der Waals surface area contributed by atoms with E-state index in [0.717, 1.165) is 5.75 Å². The average Bonchev–Trinajstić information content (AvgIpc) is 2.13. The molecule has 1 atom stereocenters. The van der Waals surface area contributed by atoms with Crippen LogP contribution in [0.1, 0.15) is 13.8 Å². The molecule has 0 aliphatic carbocycles. The molecule has 1 rings (SSSR count). The monoisotopic (exact) mass is 144 g/mol. The highest BCUT2D eigenvalue weighted by atomic mass is 32.2. The van der Waals surface area contributed by atoms with E-state index in [-0.39, 0.29) is 5.54 Å². The van der Waals surface area contributed by atoms with Gasteiger partial charge < -0.3 is 5.73 Å². The molecule has 1 heterocycles. The highest BCUT2D eigenvalue weighted by molar-refractivity contribution is 8.14. The van der Waals surface area contributed by atoms with Gasteiger partial charge in [0.2, 0.25) is 0 Å². The molecule has 52 valence electrons. The maximum absolute atomic E-state index is 5.51. The molecule has 1 aliphatic rings. The standard InChI is InChI=1S/C6H12N2S/c1-5-8-6(2,3-7)4-9-5/h3-4,7H2,1-2H3. The lowest BCUT2D eigenvalue weighted by Gasteiger charge is -2.15. The Morgan fingerprint density at radius 3 is 2.78 bits per heavy atom. The van der Waals surface area contributed by atoms with E-state index in [2.05, 4.69) is 11.9 Å². The lowest BCUT2D eigenvalue weighted by molar-refractivity contribution is 0.554. The Morgan fingerprint density at radius 1 is 1.89 bits per heavy atom. The molecule has 3 heteroatoms. The maximum Gasteiger partial charge on any atom is 0.0804 e. The number of hydrogen-bond donors (Lipinski definition) is 1. The summed E-state index contributed by atoms with van der Waals surface area (Å²) in [4.78, 5) is 4.39. The average molecular weight is 144 g/mol. The van der Waals surface area contributed by atoms with Crippen LogP contribution >= 0.6 is 11.8 Å². The number of nitrogens with two attached hydrogens (primary N) is 1. The lowest BCUT2D eigenvalue weighted by atomic mass is 10.1. The molecule has 0 aromatic carbocycles. The first-order chi connectivity index (χ1) is 4.16. The van der Waals surface area contributed by atoms with Crippen LogP contribution in [0, 0.1) is 0 Å². The van der Waals surface area contributed by atoms with Gasteiger partial charge in [-0.05, 0) is 13.8 Å². The van der Waals surface area contributed by atoms with Gasteiger partial charge >= 0.3 is 0 Å². The number of aliphatic imine (C=N–C) groups is 1. The minimum atomic E-state index is 0.0365. The molecule has 0 radical (unpaired) electrons. The van der Waals surface area contributed by atoms with Gasteiger partial charge in [0, 0.05) is 12.3 Å².